The van der Waals surface area contributed by atoms with E-state index in [1.54, 1.807) is 7.11 Å². The zero-order valence-electron chi connectivity index (χ0n) is 16.6. The molecule has 29 heavy (non-hydrogen) atoms. The third kappa shape index (κ3) is 5.34. The van der Waals surface area contributed by atoms with Gasteiger partial charge in [-0.2, -0.15) is 0 Å². The first-order chi connectivity index (χ1) is 14.0. The Morgan fingerprint density at radius 2 is 1.97 bits per heavy atom. The normalized spacial score (nSPS) is 10.7. The second-order valence-corrected chi connectivity index (χ2v) is 7.26. The number of fused-ring (bicyclic) bond motifs is 1. The molecular formula is C22H25N3O3S. The van der Waals surface area contributed by atoms with E-state index in [9.17, 15) is 9.90 Å². The quantitative estimate of drug-likeness (QED) is 0.517. The van der Waals surface area contributed by atoms with Crippen LogP contribution < -0.4 is 15.6 Å². The molecule has 0 fully saturated rings. The fraction of sp³-hybridized carbons (Fsp3) is 0.273. The minimum Gasteiger partial charge on any atom is -0.497 e. The van der Waals surface area contributed by atoms with Crippen LogP contribution in [0.2, 0.25) is 0 Å². The number of aromatic amines is 1. The van der Waals surface area contributed by atoms with Crippen LogP contribution in [0.3, 0.4) is 0 Å². The monoisotopic (exact) mass is 411 g/mol. The number of ether oxygens (including phenoxy) is 1. The van der Waals surface area contributed by atoms with Crippen LogP contribution in [0, 0.1) is 6.92 Å². The van der Waals surface area contributed by atoms with Gasteiger partial charge < -0.3 is 25.0 Å². The van der Waals surface area contributed by atoms with Gasteiger partial charge in [0.15, 0.2) is 5.11 Å². The number of thiocarbonyl (C=S) groups is 1. The molecule has 0 aliphatic rings. The predicted molar refractivity (Wildman–Crippen MR) is 121 cm³/mol. The third-order valence-electron chi connectivity index (χ3n) is 4.65. The molecule has 0 amide bonds. The number of nitrogens with zero attached hydrogens (tertiary/aromatic N) is 1. The number of pyridine rings is 1. The molecule has 7 heteroatoms. The van der Waals surface area contributed by atoms with Crippen LogP contribution in [0.4, 0.5) is 5.69 Å². The minimum absolute atomic E-state index is 0.0506. The first kappa shape index (κ1) is 20.8. The van der Waals surface area contributed by atoms with Crippen molar-refractivity contribution in [3.8, 4) is 5.75 Å². The highest BCUT2D eigenvalue weighted by Gasteiger charge is 2.13. The zero-order chi connectivity index (χ0) is 20.8. The van der Waals surface area contributed by atoms with E-state index in [2.05, 4.69) is 10.3 Å². The molecule has 3 N–H and O–H groups in total. The van der Waals surface area contributed by atoms with E-state index in [0.717, 1.165) is 27.9 Å². The molecule has 6 nitrogen and oxygen atoms in total. The Bertz CT molecular complexity index is 1050. The van der Waals surface area contributed by atoms with Gasteiger partial charge in [-0.25, -0.2) is 0 Å². The Morgan fingerprint density at radius 3 is 2.66 bits per heavy atom. The van der Waals surface area contributed by atoms with Crippen LogP contribution in [-0.4, -0.2) is 40.4 Å². The van der Waals surface area contributed by atoms with Crippen molar-refractivity contribution in [3.05, 3.63) is 70.0 Å². The van der Waals surface area contributed by atoms with E-state index >= 15 is 0 Å². The molecule has 0 aliphatic heterocycles. The van der Waals surface area contributed by atoms with Gasteiger partial charge in [-0.1, -0.05) is 12.1 Å². The van der Waals surface area contributed by atoms with Crippen molar-refractivity contribution in [2.24, 2.45) is 0 Å². The zero-order valence-corrected chi connectivity index (χ0v) is 17.4. The van der Waals surface area contributed by atoms with Crippen molar-refractivity contribution in [3.63, 3.8) is 0 Å². The lowest BCUT2D eigenvalue weighted by atomic mass is 10.1. The van der Waals surface area contributed by atoms with Gasteiger partial charge in [-0.3, -0.25) is 4.79 Å². The first-order valence-corrected chi connectivity index (χ1v) is 9.84. The summed E-state index contributed by atoms with van der Waals surface area (Å²) in [6.07, 6.45) is 0.551. The Labute approximate surface area is 175 Å². The molecule has 0 saturated heterocycles. The predicted octanol–water partition coefficient (Wildman–Crippen LogP) is 3.43. The van der Waals surface area contributed by atoms with Crippen molar-refractivity contribution in [2.75, 3.05) is 25.6 Å². The summed E-state index contributed by atoms with van der Waals surface area (Å²) in [6, 6.07) is 15.3. The van der Waals surface area contributed by atoms with Crippen molar-refractivity contribution < 1.29 is 9.84 Å². The molecule has 1 aromatic heterocycles. The van der Waals surface area contributed by atoms with Crippen LogP contribution in [-0.2, 0) is 6.54 Å². The molecule has 0 bridgehead atoms. The van der Waals surface area contributed by atoms with E-state index in [1.807, 2.05) is 60.4 Å². The minimum atomic E-state index is -0.135. The van der Waals surface area contributed by atoms with Crippen LogP contribution in [0.15, 0.2) is 53.3 Å². The average molecular weight is 412 g/mol. The fourth-order valence-corrected chi connectivity index (χ4v) is 3.35. The summed E-state index contributed by atoms with van der Waals surface area (Å²) in [7, 11) is 1.62. The maximum absolute atomic E-state index is 12.6. The number of hydrogen-bond donors (Lipinski definition) is 3. The highest BCUT2D eigenvalue weighted by Crippen LogP contribution is 2.17. The maximum Gasteiger partial charge on any atom is 0.253 e. The van der Waals surface area contributed by atoms with Crippen LogP contribution in [0.25, 0.3) is 10.9 Å². The number of hydrogen-bond acceptors (Lipinski definition) is 4. The van der Waals surface area contributed by atoms with E-state index in [0.29, 0.717) is 30.2 Å². The van der Waals surface area contributed by atoms with Crippen LogP contribution in [0.5, 0.6) is 5.75 Å². The standard InChI is InChI=1S/C22H25N3O3S/c1-15-4-5-16-13-17(21(27)24-20(16)12-15)14-25(10-3-11-26)22(29)23-18-6-8-19(28-2)9-7-18/h4-9,12-13,26H,3,10-11,14H2,1-2H3,(H,23,29)(H,24,27). The largest absolute Gasteiger partial charge is 0.497 e. The molecule has 0 radical (unpaired) electrons. The number of rotatable bonds is 7. The number of aryl methyl sites for hydroxylation is 1. The van der Waals surface area contributed by atoms with Gasteiger partial charge in [0.2, 0.25) is 0 Å². The molecule has 0 spiro atoms. The van der Waals surface area contributed by atoms with Crippen molar-refractivity contribution in [1.82, 2.24) is 9.88 Å². The van der Waals surface area contributed by atoms with Gasteiger partial charge in [0.25, 0.3) is 5.56 Å². The van der Waals surface area contributed by atoms with E-state index in [1.165, 1.54) is 0 Å². The summed E-state index contributed by atoms with van der Waals surface area (Å²) in [6.45, 7) is 2.92. The summed E-state index contributed by atoms with van der Waals surface area (Å²) in [5, 5.41) is 13.9. The number of nitrogens with one attached hydrogen (secondary N) is 2. The Hall–Kier alpha value is -2.90. The average Bonchev–Trinajstić information content (AvgIpc) is 2.72. The molecule has 0 aliphatic carbocycles. The Kier molecular flexibility index (Phi) is 6.85. The lowest BCUT2D eigenvalue weighted by Gasteiger charge is -2.25. The number of aliphatic hydroxyl groups is 1. The van der Waals surface area contributed by atoms with Gasteiger partial charge in [0, 0.05) is 29.9 Å². The van der Waals surface area contributed by atoms with E-state index in [-0.39, 0.29) is 12.2 Å². The number of aliphatic hydroxyl groups excluding tert-OH is 1. The number of methoxy groups -OCH3 is 1. The molecule has 2 aromatic carbocycles. The van der Waals surface area contributed by atoms with Crippen molar-refractivity contribution in [1.29, 1.82) is 0 Å². The smallest absolute Gasteiger partial charge is 0.253 e. The van der Waals surface area contributed by atoms with Crippen LogP contribution in [0.1, 0.15) is 17.5 Å². The van der Waals surface area contributed by atoms with Gasteiger partial charge in [-0.15, -0.1) is 0 Å². The number of benzene rings is 2. The lowest BCUT2D eigenvalue weighted by molar-refractivity contribution is 0.266. The molecule has 3 rings (SSSR count). The van der Waals surface area contributed by atoms with Crippen molar-refractivity contribution >= 4 is 33.9 Å². The second-order valence-electron chi connectivity index (χ2n) is 6.87. The van der Waals surface area contributed by atoms with Crippen molar-refractivity contribution in [2.45, 2.75) is 19.9 Å². The number of anilines is 1. The lowest BCUT2D eigenvalue weighted by Crippen LogP contribution is -2.37. The molecule has 1 heterocycles. The summed E-state index contributed by atoms with van der Waals surface area (Å²) in [4.78, 5) is 17.4. The fourth-order valence-electron chi connectivity index (χ4n) is 3.07. The van der Waals surface area contributed by atoms with E-state index < -0.39 is 0 Å². The molecule has 152 valence electrons. The topological polar surface area (TPSA) is 77.6 Å². The summed E-state index contributed by atoms with van der Waals surface area (Å²) < 4.78 is 5.17. The molecule has 0 saturated carbocycles. The molecule has 3 aromatic rings. The molecule has 0 atom stereocenters. The number of H-pyrrole nitrogens is 1. The van der Waals surface area contributed by atoms with Gasteiger partial charge in [-0.05, 0) is 72.9 Å². The molecular weight excluding hydrogens is 386 g/mol. The maximum atomic E-state index is 12.6. The van der Waals surface area contributed by atoms with Gasteiger partial charge in [0.1, 0.15) is 5.75 Å². The summed E-state index contributed by atoms with van der Waals surface area (Å²) in [5.74, 6) is 0.761. The van der Waals surface area contributed by atoms with E-state index in [4.69, 9.17) is 17.0 Å². The number of aromatic nitrogens is 1. The first-order valence-electron chi connectivity index (χ1n) is 9.43. The SMILES string of the molecule is COc1ccc(NC(=S)N(CCCO)Cc2cc3ccc(C)cc3[nH]c2=O)cc1. The van der Waals surface area contributed by atoms with Crippen LogP contribution >= 0.6 is 12.2 Å². The summed E-state index contributed by atoms with van der Waals surface area (Å²) >= 11 is 5.58. The van der Waals surface area contributed by atoms with Gasteiger partial charge >= 0.3 is 0 Å². The second kappa shape index (κ2) is 9.54. The third-order valence-corrected chi connectivity index (χ3v) is 5.01. The highest BCUT2D eigenvalue weighted by molar-refractivity contribution is 7.80. The Morgan fingerprint density at radius 1 is 1.21 bits per heavy atom. The molecule has 0 unspecified atom stereocenters. The Balaban J connectivity index is 1.81. The van der Waals surface area contributed by atoms with Gasteiger partial charge in [0.05, 0.1) is 13.7 Å². The summed E-state index contributed by atoms with van der Waals surface area (Å²) in [5.41, 5.74) is 3.23. The highest BCUT2D eigenvalue weighted by atomic mass is 32.1.